The molecule has 3 aromatic rings. The third-order valence-electron chi connectivity index (χ3n) is 5.43. The molecule has 28 heavy (non-hydrogen) atoms. The molecule has 3 rings (SSSR count). The van der Waals surface area contributed by atoms with Crippen LogP contribution in [-0.2, 0) is 24.2 Å². The Balaban J connectivity index is 1.66. The molecule has 4 nitrogen and oxygen atoms in total. The van der Waals surface area contributed by atoms with Gasteiger partial charge in [0, 0.05) is 25.4 Å². The number of hydrogen-bond donors (Lipinski definition) is 1. The maximum absolute atomic E-state index is 12.2. The van der Waals surface area contributed by atoms with E-state index in [0.29, 0.717) is 6.54 Å². The molecule has 0 aliphatic heterocycles. The molecule has 2 aromatic carbocycles. The van der Waals surface area contributed by atoms with Gasteiger partial charge < -0.3 is 9.88 Å². The third kappa shape index (κ3) is 5.00. The molecule has 0 aliphatic rings. The lowest BCUT2D eigenvalue weighted by Gasteiger charge is -2.13. The summed E-state index contributed by atoms with van der Waals surface area (Å²) in [6.07, 6.45) is 4.66. The van der Waals surface area contributed by atoms with Gasteiger partial charge in [-0.3, -0.25) is 4.79 Å². The summed E-state index contributed by atoms with van der Waals surface area (Å²) in [7, 11) is 0. The lowest BCUT2D eigenvalue weighted by Crippen LogP contribution is -2.32. The zero-order valence-corrected chi connectivity index (χ0v) is 17.0. The van der Waals surface area contributed by atoms with Crippen molar-refractivity contribution in [3.05, 3.63) is 66.0 Å². The molecule has 1 amide bonds. The standard InChI is InChI=1S/C24H31N3O/c1-3-20(4-2)24(28)25-17-16-23-26-21-14-8-9-15-22(21)27(23)18-10-13-19-11-6-5-7-12-19/h5-9,11-12,14-15,20H,3-4,10,13,16-18H2,1-2H3,(H,25,28). The van der Waals surface area contributed by atoms with Gasteiger partial charge in [0.1, 0.15) is 5.82 Å². The van der Waals surface area contributed by atoms with E-state index in [1.54, 1.807) is 0 Å². The molecule has 0 saturated heterocycles. The number of para-hydroxylation sites is 2. The smallest absolute Gasteiger partial charge is 0.223 e. The van der Waals surface area contributed by atoms with Gasteiger partial charge in [0.15, 0.2) is 0 Å². The zero-order valence-electron chi connectivity index (χ0n) is 17.0. The van der Waals surface area contributed by atoms with Crippen LogP contribution in [0.5, 0.6) is 0 Å². The normalized spacial score (nSPS) is 11.2. The van der Waals surface area contributed by atoms with Crippen molar-refractivity contribution in [1.82, 2.24) is 14.9 Å². The van der Waals surface area contributed by atoms with Crippen LogP contribution in [-0.4, -0.2) is 22.0 Å². The van der Waals surface area contributed by atoms with Crippen molar-refractivity contribution in [2.24, 2.45) is 5.92 Å². The summed E-state index contributed by atoms with van der Waals surface area (Å²) < 4.78 is 2.32. The molecule has 148 valence electrons. The SMILES string of the molecule is CCC(CC)C(=O)NCCc1nc2ccccc2n1CCCc1ccccc1. The minimum absolute atomic E-state index is 0.115. The average Bonchev–Trinajstić information content (AvgIpc) is 3.07. The summed E-state index contributed by atoms with van der Waals surface area (Å²) in [5, 5.41) is 3.09. The van der Waals surface area contributed by atoms with Gasteiger partial charge in [-0.1, -0.05) is 56.3 Å². The number of carbonyl (C=O) groups is 1. The van der Waals surface area contributed by atoms with E-state index in [0.717, 1.165) is 50.0 Å². The second kappa shape index (κ2) is 10.1. The van der Waals surface area contributed by atoms with E-state index in [1.165, 1.54) is 11.1 Å². The average molecular weight is 378 g/mol. The first-order chi connectivity index (χ1) is 13.7. The fourth-order valence-electron chi connectivity index (χ4n) is 3.75. The number of fused-ring (bicyclic) bond motifs is 1. The fourth-order valence-corrected chi connectivity index (χ4v) is 3.75. The molecule has 0 fully saturated rings. The van der Waals surface area contributed by atoms with Crippen LogP contribution < -0.4 is 5.32 Å². The third-order valence-corrected chi connectivity index (χ3v) is 5.43. The topological polar surface area (TPSA) is 46.9 Å². The molecule has 1 aromatic heterocycles. The monoisotopic (exact) mass is 377 g/mol. The molecule has 4 heteroatoms. The van der Waals surface area contributed by atoms with E-state index in [1.807, 2.05) is 6.07 Å². The molecule has 0 bridgehead atoms. The van der Waals surface area contributed by atoms with Gasteiger partial charge in [0.05, 0.1) is 11.0 Å². The highest BCUT2D eigenvalue weighted by atomic mass is 16.1. The van der Waals surface area contributed by atoms with Crippen molar-refractivity contribution in [3.63, 3.8) is 0 Å². The molecule has 1 heterocycles. The Bertz CT molecular complexity index is 881. The number of amides is 1. The summed E-state index contributed by atoms with van der Waals surface area (Å²) >= 11 is 0. The van der Waals surface area contributed by atoms with Crippen LogP contribution >= 0.6 is 0 Å². The van der Waals surface area contributed by atoms with Crippen LogP contribution in [0.2, 0.25) is 0 Å². The lowest BCUT2D eigenvalue weighted by molar-refractivity contribution is -0.125. The van der Waals surface area contributed by atoms with Crippen LogP contribution in [0.25, 0.3) is 11.0 Å². The minimum atomic E-state index is 0.115. The van der Waals surface area contributed by atoms with E-state index in [-0.39, 0.29) is 11.8 Å². The maximum Gasteiger partial charge on any atom is 0.223 e. The number of nitrogens with one attached hydrogen (secondary N) is 1. The van der Waals surface area contributed by atoms with Crippen molar-refractivity contribution in [1.29, 1.82) is 0 Å². The highest BCUT2D eigenvalue weighted by Crippen LogP contribution is 2.18. The van der Waals surface area contributed by atoms with E-state index in [4.69, 9.17) is 4.98 Å². The Labute approximate surface area is 168 Å². The summed E-state index contributed by atoms with van der Waals surface area (Å²) in [6, 6.07) is 18.9. The van der Waals surface area contributed by atoms with Crippen LogP contribution in [0, 0.1) is 5.92 Å². The van der Waals surface area contributed by atoms with Gasteiger partial charge in [-0.15, -0.1) is 0 Å². The Morgan fingerprint density at radius 1 is 1.00 bits per heavy atom. The molecule has 0 atom stereocenters. The Morgan fingerprint density at radius 2 is 1.71 bits per heavy atom. The first kappa shape index (κ1) is 20.1. The fraction of sp³-hybridized carbons (Fsp3) is 0.417. The highest BCUT2D eigenvalue weighted by Gasteiger charge is 2.15. The Morgan fingerprint density at radius 3 is 2.46 bits per heavy atom. The van der Waals surface area contributed by atoms with E-state index >= 15 is 0 Å². The van der Waals surface area contributed by atoms with Gasteiger partial charge in [-0.05, 0) is 43.4 Å². The Hall–Kier alpha value is -2.62. The van der Waals surface area contributed by atoms with Gasteiger partial charge in [-0.25, -0.2) is 4.98 Å². The van der Waals surface area contributed by atoms with Crippen LogP contribution in [0.1, 0.15) is 44.5 Å². The van der Waals surface area contributed by atoms with E-state index in [9.17, 15) is 4.79 Å². The van der Waals surface area contributed by atoms with Crippen molar-refractivity contribution in [2.45, 2.75) is 52.5 Å². The molecular weight excluding hydrogens is 346 g/mol. The van der Waals surface area contributed by atoms with Crippen LogP contribution in [0.15, 0.2) is 54.6 Å². The molecule has 0 unspecified atom stereocenters. The van der Waals surface area contributed by atoms with Crippen LogP contribution in [0.4, 0.5) is 0 Å². The number of imidazole rings is 1. The lowest BCUT2D eigenvalue weighted by atomic mass is 10.0. The van der Waals surface area contributed by atoms with Crippen molar-refractivity contribution >= 4 is 16.9 Å². The molecule has 0 saturated carbocycles. The van der Waals surface area contributed by atoms with Gasteiger partial charge >= 0.3 is 0 Å². The van der Waals surface area contributed by atoms with E-state index in [2.05, 4.69) is 72.3 Å². The zero-order chi connectivity index (χ0) is 19.8. The first-order valence-electron chi connectivity index (χ1n) is 10.5. The number of aryl methyl sites for hydroxylation is 2. The second-order valence-corrected chi connectivity index (χ2v) is 7.31. The number of rotatable bonds is 10. The summed E-state index contributed by atoms with van der Waals surface area (Å²) in [6.45, 7) is 5.71. The summed E-state index contributed by atoms with van der Waals surface area (Å²) in [5.74, 6) is 1.33. The highest BCUT2D eigenvalue weighted by molar-refractivity contribution is 5.78. The Kier molecular flexibility index (Phi) is 7.24. The molecule has 0 aliphatic carbocycles. The van der Waals surface area contributed by atoms with Crippen LogP contribution in [0.3, 0.4) is 0 Å². The second-order valence-electron chi connectivity index (χ2n) is 7.31. The number of hydrogen-bond acceptors (Lipinski definition) is 2. The van der Waals surface area contributed by atoms with Crippen molar-refractivity contribution < 1.29 is 4.79 Å². The molecule has 1 N–H and O–H groups in total. The number of carbonyl (C=O) groups excluding carboxylic acids is 1. The van der Waals surface area contributed by atoms with E-state index < -0.39 is 0 Å². The summed E-state index contributed by atoms with van der Waals surface area (Å²) in [5.41, 5.74) is 3.58. The predicted molar refractivity (Wildman–Crippen MR) is 115 cm³/mol. The molecule has 0 radical (unpaired) electrons. The first-order valence-corrected chi connectivity index (χ1v) is 10.5. The van der Waals surface area contributed by atoms with Gasteiger partial charge in [0.2, 0.25) is 5.91 Å². The molecular formula is C24H31N3O. The van der Waals surface area contributed by atoms with Crippen molar-refractivity contribution in [2.75, 3.05) is 6.54 Å². The van der Waals surface area contributed by atoms with Gasteiger partial charge in [0.25, 0.3) is 0 Å². The molecule has 0 spiro atoms. The summed E-state index contributed by atoms with van der Waals surface area (Å²) in [4.78, 5) is 17.1. The number of aromatic nitrogens is 2. The number of benzene rings is 2. The van der Waals surface area contributed by atoms with Crippen molar-refractivity contribution in [3.8, 4) is 0 Å². The van der Waals surface area contributed by atoms with Gasteiger partial charge in [-0.2, -0.15) is 0 Å². The maximum atomic E-state index is 12.2. The largest absolute Gasteiger partial charge is 0.355 e. The quantitative estimate of drug-likeness (QED) is 0.553. The minimum Gasteiger partial charge on any atom is -0.355 e. The predicted octanol–water partition coefficient (Wildman–Crippen LogP) is 4.76. The number of nitrogens with zero attached hydrogens (tertiary/aromatic N) is 2.